The Balaban J connectivity index is 1.02. The molecule has 2 aromatic carbocycles. The van der Waals surface area contributed by atoms with Crippen molar-refractivity contribution < 1.29 is 9.53 Å². The third-order valence-corrected chi connectivity index (χ3v) is 8.16. The molecule has 4 heteroatoms. The third kappa shape index (κ3) is 5.43. The number of nitrogens with one attached hydrogen (secondary N) is 1. The van der Waals surface area contributed by atoms with Crippen molar-refractivity contribution in [2.45, 2.75) is 70.3 Å². The molecule has 2 aliphatic heterocycles. The Morgan fingerprint density at radius 2 is 1.76 bits per heavy atom. The van der Waals surface area contributed by atoms with E-state index in [1.54, 1.807) is 5.56 Å². The number of ether oxygens (including phenoxy) is 1. The molecule has 0 unspecified atom stereocenters. The number of nitrogens with zero attached hydrogens (tertiary/aromatic N) is 1. The van der Waals surface area contributed by atoms with Crippen LogP contribution in [0.1, 0.15) is 77.9 Å². The Labute approximate surface area is 198 Å². The van der Waals surface area contributed by atoms with Crippen LogP contribution in [-0.4, -0.2) is 43.1 Å². The van der Waals surface area contributed by atoms with Crippen LogP contribution in [0.25, 0.3) is 0 Å². The standard InChI is InChI=1S/C29H38N2O2/c1-21-5-9-24(10-6-21)29(32)30-25-11-7-22(8-12-25)13-17-31-18-14-23(15-19-31)26-3-2-4-28-27(26)16-20-33-28/h2-6,9-10,22-23,25H,7-8,11-20H2,1H3,(H,30,32). The van der Waals surface area contributed by atoms with Gasteiger partial charge in [-0.15, -0.1) is 0 Å². The summed E-state index contributed by atoms with van der Waals surface area (Å²) in [5.41, 5.74) is 4.99. The molecule has 4 nitrogen and oxygen atoms in total. The molecule has 1 amide bonds. The Hall–Kier alpha value is -2.33. The van der Waals surface area contributed by atoms with E-state index in [-0.39, 0.29) is 5.91 Å². The van der Waals surface area contributed by atoms with Gasteiger partial charge in [-0.2, -0.15) is 0 Å². The number of hydrogen-bond acceptors (Lipinski definition) is 3. The van der Waals surface area contributed by atoms with Gasteiger partial charge in [-0.25, -0.2) is 0 Å². The van der Waals surface area contributed by atoms with Crippen LogP contribution in [-0.2, 0) is 6.42 Å². The average Bonchev–Trinajstić information content (AvgIpc) is 3.34. The fourth-order valence-electron chi connectivity index (χ4n) is 6.03. The number of rotatable bonds is 6. The van der Waals surface area contributed by atoms with Crippen molar-refractivity contribution in [2.24, 2.45) is 5.92 Å². The zero-order valence-corrected chi connectivity index (χ0v) is 20.0. The van der Waals surface area contributed by atoms with Gasteiger partial charge in [0.05, 0.1) is 6.61 Å². The molecule has 3 aliphatic rings. The van der Waals surface area contributed by atoms with Gasteiger partial charge in [0, 0.05) is 23.6 Å². The number of piperidine rings is 1. The van der Waals surface area contributed by atoms with Gasteiger partial charge >= 0.3 is 0 Å². The van der Waals surface area contributed by atoms with Crippen molar-refractivity contribution in [3.05, 3.63) is 64.7 Å². The summed E-state index contributed by atoms with van der Waals surface area (Å²) in [6, 6.07) is 14.8. The van der Waals surface area contributed by atoms with Crippen LogP contribution in [0.5, 0.6) is 5.75 Å². The SMILES string of the molecule is Cc1ccc(C(=O)NC2CCC(CCN3CCC(c4cccc5c4CCO5)CC3)CC2)cc1. The predicted molar refractivity (Wildman–Crippen MR) is 133 cm³/mol. The lowest BCUT2D eigenvalue weighted by Gasteiger charge is -2.35. The summed E-state index contributed by atoms with van der Waals surface area (Å²) < 4.78 is 5.78. The van der Waals surface area contributed by atoms with Crippen molar-refractivity contribution in [3.8, 4) is 5.75 Å². The fourth-order valence-corrected chi connectivity index (χ4v) is 6.03. The maximum Gasteiger partial charge on any atom is 0.251 e. The lowest BCUT2D eigenvalue weighted by molar-refractivity contribution is 0.0919. The number of aryl methyl sites for hydroxylation is 1. The molecule has 2 aromatic rings. The minimum absolute atomic E-state index is 0.0805. The van der Waals surface area contributed by atoms with Crippen LogP contribution >= 0.6 is 0 Å². The minimum atomic E-state index is 0.0805. The molecular formula is C29H38N2O2. The maximum atomic E-state index is 12.5. The number of amides is 1. The molecule has 5 rings (SSSR count). The smallest absolute Gasteiger partial charge is 0.251 e. The summed E-state index contributed by atoms with van der Waals surface area (Å²) in [6.07, 6.45) is 9.65. The Bertz CT molecular complexity index is 939. The van der Waals surface area contributed by atoms with Gasteiger partial charge in [-0.1, -0.05) is 29.8 Å². The van der Waals surface area contributed by atoms with E-state index in [9.17, 15) is 4.79 Å². The average molecular weight is 447 g/mol. The van der Waals surface area contributed by atoms with E-state index in [0.29, 0.717) is 12.0 Å². The van der Waals surface area contributed by atoms with Gasteiger partial charge in [-0.3, -0.25) is 4.79 Å². The van der Waals surface area contributed by atoms with E-state index < -0.39 is 0 Å². The molecule has 0 bridgehead atoms. The Kier molecular flexibility index (Phi) is 7.01. The highest BCUT2D eigenvalue weighted by atomic mass is 16.5. The first-order valence-electron chi connectivity index (χ1n) is 13.0. The van der Waals surface area contributed by atoms with Crippen molar-refractivity contribution in [3.63, 3.8) is 0 Å². The van der Waals surface area contributed by atoms with Crippen LogP contribution < -0.4 is 10.1 Å². The van der Waals surface area contributed by atoms with Crippen molar-refractivity contribution >= 4 is 5.91 Å². The highest BCUT2D eigenvalue weighted by Crippen LogP contribution is 2.37. The van der Waals surface area contributed by atoms with Crippen molar-refractivity contribution in [1.82, 2.24) is 10.2 Å². The lowest BCUT2D eigenvalue weighted by Crippen LogP contribution is -2.38. The first-order chi connectivity index (χ1) is 16.2. The third-order valence-electron chi connectivity index (χ3n) is 8.16. The molecule has 1 aliphatic carbocycles. The summed E-state index contributed by atoms with van der Waals surface area (Å²) in [6.45, 7) is 6.57. The first-order valence-corrected chi connectivity index (χ1v) is 13.0. The molecule has 1 N–H and O–H groups in total. The summed E-state index contributed by atoms with van der Waals surface area (Å²) in [7, 11) is 0. The van der Waals surface area contributed by atoms with Crippen LogP contribution in [0.15, 0.2) is 42.5 Å². The van der Waals surface area contributed by atoms with Crippen LogP contribution in [0, 0.1) is 12.8 Å². The van der Waals surface area contributed by atoms with Crippen molar-refractivity contribution in [2.75, 3.05) is 26.2 Å². The zero-order valence-electron chi connectivity index (χ0n) is 20.0. The van der Waals surface area contributed by atoms with E-state index in [4.69, 9.17) is 4.74 Å². The summed E-state index contributed by atoms with van der Waals surface area (Å²) in [5, 5.41) is 3.26. The van der Waals surface area contributed by atoms with Crippen LogP contribution in [0.3, 0.4) is 0 Å². The molecule has 0 spiro atoms. The predicted octanol–water partition coefficient (Wildman–Crippen LogP) is 5.49. The molecule has 0 atom stereocenters. The summed E-state index contributed by atoms with van der Waals surface area (Å²) in [4.78, 5) is 15.2. The normalized spacial score (nSPS) is 23.7. The van der Waals surface area contributed by atoms with Gasteiger partial charge in [0.2, 0.25) is 0 Å². The molecule has 2 fully saturated rings. The largest absolute Gasteiger partial charge is 0.493 e. The molecule has 2 heterocycles. The number of likely N-dealkylation sites (tertiary alicyclic amines) is 1. The van der Waals surface area contributed by atoms with Gasteiger partial charge in [0.15, 0.2) is 0 Å². The molecule has 0 radical (unpaired) electrons. The lowest BCUT2D eigenvalue weighted by atomic mass is 9.83. The van der Waals surface area contributed by atoms with E-state index >= 15 is 0 Å². The number of fused-ring (bicyclic) bond motifs is 1. The first kappa shape index (κ1) is 22.5. The summed E-state index contributed by atoms with van der Waals surface area (Å²) in [5.74, 6) is 2.72. The van der Waals surface area contributed by atoms with Gasteiger partial charge in [-0.05, 0) is 107 Å². The van der Waals surface area contributed by atoms with Crippen molar-refractivity contribution in [1.29, 1.82) is 0 Å². The van der Waals surface area contributed by atoms with Crippen LogP contribution in [0.4, 0.5) is 0 Å². The van der Waals surface area contributed by atoms with E-state index in [1.165, 1.54) is 62.9 Å². The maximum absolute atomic E-state index is 12.5. The highest BCUT2D eigenvalue weighted by Gasteiger charge is 2.27. The van der Waals surface area contributed by atoms with E-state index in [2.05, 4.69) is 35.3 Å². The molecule has 1 saturated heterocycles. The van der Waals surface area contributed by atoms with E-state index in [1.807, 2.05) is 24.3 Å². The van der Waals surface area contributed by atoms with Gasteiger partial charge < -0.3 is 15.0 Å². The number of carbonyl (C=O) groups is 1. The monoisotopic (exact) mass is 446 g/mol. The second-order valence-electron chi connectivity index (χ2n) is 10.4. The zero-order chi connectivity index (χ0) is 22.6. The molecular weight excluding hydrogens is 408 g/mol. The Morgan fingerprint density at radius 1 is 1.00 bits per heavy atom. The molecule has 176 valence electrons. The highest BCUT2D eigenvalue weighted by molar-refractivity contribution is 5.94. The molecule has 0 aromatic heterocycles. The number of carbonyl (C=O) groups excluding carboxylic acids is 1. The quantitative estimate of drug-likeness (QED) is 0.638. The minimum Gasteiger partial charge on any atom is -0.493 e. The fraction of sp³-hybridized carbons (Fsp3) is 0.552. The number of benzene rings is 2. The summed E-state index contributed by atoms with van der Waals surface area (Å²) >= 11 is 0. The topological polar surface area (TPSA) is 41.6 Å². The van der Waals surface area contributed by atoms with Gasteiger partial charge in [0.1, 0.15) is 5.75 Å². The van der Waals surface area contributed by atoms with Crippen LogP contribution in [0.2, 0.25) is 0 Å². The van der Waals surface area contributed by atoms with E-state index in [0.717, 1.165) is 43.1 Å². The second-order valence-corrected chi connectivity index (χ2v) is 10.4. The second kappa shape index (κ2) is 10.3. The number of hydrogen-bond donors (Lipinski definition) is 1. The Morgan fingerprint density at radius 3 is 2.52 bits per heavy atom. The molecule has 1 saturated carbocycles. The van der Waals surface area contributed by atoms with Gasteiger partial charge in [0.25, 0.3) is 5.91 Å². The molecule has 33 heavy (non-hydrogen) atoms.